The van der Waals surface area contributed by atoms with Crippen LogP contribution < -0.4 is 5.32 Å². The zero-order valence-corrected chi connectivity index (χ0v) is 11.2. The first-order valence-corrected chi connectivity index (χ1v) is 6.42. The van der Waals surface area contributed by atoms with Gasteiger partial charge in [-0.1, -0.05) is 12.8 Å². The van der Waals surface area contributed by atoms with Crippen LogP contribution in [0.25, 0.3) is 0 Å². The molecule has 1 saturated carbocycles. The van der Waals surface area contributed by atoms with Crippen molar-refractivity contribution in [1.82, 2.24) is 4.98 Å². The monoisotopic (exact) mass is 248 g/mol. The van der Waals surface area contributed by atoms with Crippen LogP contribution in [0.2, 0.25) is 0 Å². The van der Waals surface area contributed by atoms with Crippen LogP contribution in [0.1, 0.15) is 42.2 Å². The van der Waals surface area contributed by atoms with Gasteiger partial charge in [-0.05, 0) is 38.3 Å². The summed E-state index contributed by atoms with van der Waals surface area (Å²) >= 11 is 0. The zero-order valence-electron chi connectivity index (χ0n) is 11.2. The Kier molecular flexibility index (Phi) is 3.84. The Morgan fingerprint density at radius 1 is 1.56 bits per heavy atom. The van der Waals surface area contributed by atoms with Gasteiger partial charge < -0.3 is 10.1 Å². The first-order valence-electron chi connectivity index (χ1n) is 6.42. The number of nitrogens with one attached hydrogen (secondary N) is 1. The van der Waals surface area contributed by atoms with Crippen LogP contribution in [-0.4, -0.2) is 24.1 Å². The number of ether oxygens (including phenoxy) is 1. The highest BCUT2D eigenvalue weighted by Crippen LogP contribution is 2.33. The van der Waals surface area contributed by atoms with E-state index >= 15 is 0 Å². The lowest BCUT2D eigenvalue weighted by Gasteiger charge is -2.15. The summed E-state index contributed by atoms with van der Waals surface area (Å²) in [5.41, 5.74) is 1.23. The minimum atomic E-state index is -0.336. The van der Waals surface area contributed by atoms with Crippen molar-refractivity contribution < 1.29 is 9.53 Å². The molecule has 1 aliphatic carbocycles. The number of pyridine rings is 1. The highest BCUT2D eigenvalue weighted by Gasteiger charge is 2.23. The van der Waals surface area contributed by atoms with Gasteiger partial charge in [-0.2, -0.15) is 0 Å². The van der Waals surface area contributed by atoms with Crippen LogP contribution in [0.5, 0.6) is 0 Å². The van der Waals surface area contributed by atoms with Gasteiger partial charge >= 0.3 is 5.97 Å². The summed E-state index contributed by atoms with van der Waals surface area (Å²) in [7, 11) is 1.38. The van der Waals surface area contributed by atoms with Crippen molar-refractivity contribution in [3.8, 4) is 0 Å². The van der Waals surface area contributed by atoms with E-state index in [-0.39, 0.29) is 5.97 Å². The van der Waals surface area contributed by atoms with Crippen LogP contribution in [-0.2, 0) is 4.74 Å². The number of methoxy groups -OCH3 is 1. The quantitative estimate of drug-likeness (QED) is 0.814. The van der Waals surface area contributed by atoms with Crippen molar-refractivity contribution in [2.24, 2.45) is 5.92 Å². The van der Waals surface area contributed by atoms with E-state index in [0.717, 1.165) is 11.7 Å². The van der Waals surface area contributed by atoms with E-state index in [1.54, 1.807) is 6.07 Å². The first kappa shape index (κ1) is 12.9. The van der Waals surface area contributed by atoms with Crippen molar-refractivity contribution in [3.05, 3.63) is 23.4 Å². The molecule has 1 atom stereocenters. The normalized spacial score (nSPS) is 16.2. The largest absolute Gasteiger partial charge is 0.465 e. The number of anilines is 1. The molecular formula is C14H20N2O2. The molecule has 1 fully saturated rings. The van der Waals surface area contributed by atoms with E-state index in [0.29, 0.717) is 17.3 Å². The second kappa shape index (κ2) is 5.38. The molecule has 1 aromatic rings. The number of nitrogens with zero attached hydrogens (tertiary/aromatic N) is 1. The highest BCUT2D eigenvalue weighted by molar-refractivity contribution is 5.90. The predicted molar refractivity (Wildman–Crippen MR) is 70.7 cm³/mol. The molecule has 4 heteroatoms. The van der Waals surface area contributed by atoms with Gasteiger partial charge in [0.2, 0.25) is 0 Å². The van der Waals surface area contributed by atoms with Crippen molar-refractivity contribution in [2.45, 2.75) is 39.2 Å². The van der Waals surface area contributed by atoms with E-state index < -0.39 is 0 Å². The SMILES string of the molecule is COC(=O)c1ccc(NC(C)CC2CC2)nc1C. The van der Waals surface area contributed by atoms with Crippen molar-refractivity contribution >= 4 is 11.8 Å². The summed E-state index contributed by atoms with van der Waals surface area (Å²) < 4.78 is 4.70. The number of hydrogen-bond donors (Lipinski definition) is 1. The predicted octanol–water partition coefficient (Wildman–Crippen LogP) is 2.78. The summed E-state index contributed by atoms with van der Waals surface area (Å²) in [6, 6.07) is 4.02. The van der Waals surface area contributed by atoms with Crippen LogP contribution >= 0.6 is 0 Å². The Morgan fingerprint density at radius 2 is 2.28 bits per heavy atom. The van der Waals surface area contributed by atoms with Gasteiger partial charge in [0.1, 0.15) is 5.82 Å². The molecule has 1 aliphatic rings. The minimum Gasteiger partial charge on any atom is -0.465 e. The van der Waals surface area contributed by atoms with Crippen molar-refractivity contribution in [3.63, 3.8) is 0 Å². The van der Waals surface area contributed by atoms with Crippen LogP contribution in [0, 0.1) is 12.8 Å². The van der Waals surface area contributed by atoms with E-state index in [9.17, 15) is 4.79 Å². The fourth-order valence-electron chi connectivity index (χ4n) is 2.13. The minimum absolute atomic E-state index is 0.336. The topological polar surface area (TPSA) is 51.2 Å². The third-order valence-electron chi connectivity index (χ3n) is 3.27. The number of aryl methyl sites for hydroxylation is 1. The molecule has 2 rings (SSSR count). The molecule has 0 aliphatic heterocycles. The van der Waals surface area contributed by atoms with E-state index in [1.807, 2.05) is 13.0 Å². The second-order valence-corrected chi connectivity index (χ2v) is 5.05. The molecule has 0 spiro atoms. The number of esters is 1. The maximum Gasteiger partial charge on any atom is 0.339 e. The maximum atomic E-state index is 11.4. The molecule has 0 radical (unpaired) electrons. The second-order valence-electron chi connectivity index (χ2n) is 5.05. The smallest absolute Gasteiger partial charge is 0.339 e. The lowest BCUT2D eigenvalue weighted by Crippen LogP contribution is -2.17. The summed E-state index contributed by atoms with van der Waals surface area (Å²) in [6.07, 6.45) is 3.92. The fourth-order valence-corrected chi connectivity index (χ4v) is 2.13. The molecule has 1 heterocycles. The Hall–Kier alpha value is -1.58. The van der Waals surface area contributed by atoms with Crippen molar-refractivity contribution in [2.75, 3.05) is 12.4 Å². The molecule has 0 bridgehead atoms. The number of carbonyl (C=O) groups is 1. The molecular weight excluding hydrogens is 228 g/mol. The molecule has 1 aromatic heterocycles. The molecule has 1 unspecified atom stereocenters. The van der Waals surface area contributed by atoms with E-state index in [2.05, 4.69) is 17.2 Å². The van der Waals surface area contributed by atoms with Gasteiger partial charge in [0.25, 0.3) is 0 Å². The number of aromatic nitrogens is 1. The molecule has 1 N–H and O–H groups in total. The Morgan fingerprint density at radius 3 is 2.83 bits per heavy atom. The third kappa shape index (κ3) is 3.22. The zero-order chi connectivity index (χ0) is 13.1. The Labute approximate surface area is 108 Å². The summed E-state index contributed by atoms with van der Waals surface area (Å²) in [5, 5.41) is 3.37. The average molecular weight is 248 g/mol. The van der Waals surface area contributed by atoms with Gasteiger partial charge in [-0.15, -0.1) is 0 Å². The standard InChI is InChI=1S/C14H20N2O2/c1-9(8-11-4-5-11)15-13-7-6-12(10(2)16-13)14(17)18-3/h6-7,9,11H,4-5,8H2,1-3H3,(H,15,16). The number of hydrogen-bond acceptors (Lipinski definition) is 4. The lowest BCUT2D eigenvalue weighted by atomic mass is 10.1. The lowest BCUT2D eigenvalue weighted by molar-refractivity contribution is 0.0599. The van der Waals surface area contributed by atoms with Gasteiger partial charge in [-0.3, -0.25) is 0 Å². The molecule has 0 amide bonds. The summed E-state index contributed by atoms with van der Waals surface area (Å²) in [6.45, 7) is 3.99. The van der Waals surface area contributed by atoms with E-state index in [1.165, 1.54) is 26.4 Å². The van der Waals surface area contributed by atoms with Crippen molar-refractivity contribution in [1.29, 1.82) is 0 Å². The van der Waals surface area contributed by atoms with Gasteiger partial charge in [0.15, 0.2) is 0 Å². The average Bonchev–Trinajstić information content (AvgIpc) is 3.12. The van der Waals surface area contributed by atoms with Crippen LogP contribution in [0.4, 0.5) is 5.82 Å². The summed E-state index contributed by atoms with van der Waals surface area (Å²) in [5.74, 6) is 1.38. The molecule has 18 heavy (non-hydrogen) atoms. The highest BCUT2D eigenvalue weighted by atomic mass is 16.5. The third-order valence-corrected chi connectivity index (χ3v) is 3.27. The molecule has 0 saturated heterocycles. The van der Waals surface area contributed by atoms with Crippen LogP contribution in [0.3, 0.4) is 0 Å². The summed E-state index contributed by atoms with van der Waals surface area (Å²) in [4.78, 5) is 15.8. The molecule has 98 valence electrons. The number of carbonyl (C=O) groups excluding carboxylic acids is 1. The Bertz CT molecular complexity index is 441. The number of rotatable bonds is 5. The van der Waals surface area contributed by atoms with Gasteiger partial charge in [-0.25, -0.2) is 9.78 Å². The van der Waals surface area contributed by atoms with Crippen LogP contribution in [0.15, 0.2) is 12.1 Å². The molecule has 4 nitrogen and oxygen atoms in total. The molecule has 0 aromatic carbocycles. The first-order chi connectivity index (χ1) is 8.60. The van der Waals surface area contributed by atoms with E-state index in [4.69, 9.17) is 4.74 Å². The maximum absolute atomic E-state index is 11.4. The van der Waals surface area contributed by atoms with Gasteiger partial charge in [0.05, 0.1) is 18.4 Å². The Balaban J connectivity index is 2.01. The van der Waals surface area contributed by atoms with Gasteiger partial charge in [0, 0.05) is 6.04 Å². The fraction of sp³-hybridized carbons (Fsp3) is 0.571.